The SMILES string of the molecule is Cc1ncc(-c2ccnc(Nc3ccc(S(=O)(=O)NCC4CC4)cc3)c2)n1CC(F)(F)F. The highest BCUT2D eigenvalue weighted by Gasteiger charge is 2.30. The fourth-order valence-corrected chi connectivity index (χ4v) is 4.35. The fraction of sp³-hybridized carbons (Fsp3) is 0.333. The maximum atomic E-state index is 12.9. The Morgan fingerprint density at radius 2 is 1.84 bits per heavy atom. The van der Waals surface area contributed by atoms with Crippen LogP contribution in [0.1, 0.15) is 18.7 Å². The lowest BCUT2D eigenvalue weighted by molar-refractivity contribution is -0.140. The van der Waals surface area contributed by atoms with Crippen molar-refractivity contribution in [1.29, 1.82) is 0 Å². The Hall–Kier alpha value is -2.92. The summed E-state index contributed by atoms with van der Waals surface area (Å²) >= 11 is 0. The molecule has 1 aromatic carbocycles. The summed E-state index contributed by atoms with van der Waals surface area (Å²) in [5.41, 5.74) is 1.44. The van der Waals surface area contributed by atoms with E-state index in [0.717, 1.165) is 17.4 Å². The Morgan fingerprint density at radius 1 is 1.12 bits per heavy atom. The molecule has 0 bridgehead atoms. The first kappa shape index (κ1) is 22.3. The molecule has 1 saturated carbocycles. The molecule has 0 amide bonds. The number of nitrogens with one attached hydrogen (secondary N) is 2. The maximum Gasteiger partial charge on any atom is 0.406 e. The second kappa shape index (κ2) is 8.55. The van der Waals surface area contributed by atoms with Gasteiger partial charge in [-0.05, 0) is 62.1 Å². The van der Waals surface area contributed by atoms with Gasteiger partial charge in [-0.25, -0.2) is 23.1 Å². The molecule has 0 atom stereocenters. The summed E-state index contributed by atoms with van der Waals surface area (Å²) in [6, 6.07) is 9.42. The van der Waals surface area contributed by atoms with Crippen LogP contribution in [0.2, 0.25) is 0 Å². The zero-order chi connectivity index (χ0) is 22.9. The first-order valence-electron chi connectivity index (χ1n) is 10.0. The maximum absolute atomic E-state index is 12.9. The molecule has 3 aromatic rings. The number of imidazole rings is 1. The van der Waals surface area contributed by atoms with Crippen LogP contribution in [0.15, 0.2) is 53.7 Å². The summed E-state index contributed by atoms with van der Waals surface area (Å²) in [5, 5.41) is 3.05. The molecule has 1 aliphatic rings. The molecule has 170 valence electrons. The quantitative estimate of drug-likeness (QED) is 0.519. The van der Waals surface area contributed by atoms with E-state index >= 15 is 0 Å². The number of aromatic nitrogens is 3. The number of benzene rings is 1. The highest BCUT2D eigenvalue weighted by Crippen LogP contribution is 2.29. The number of pyridine rings is 1. The summed E-state index contributed by atoms with van der Waals surface area (Å²) in [4.78, 5) is 8.38. The van der Waals surface area contributed by atoms with Crippen molar-refractivity contribution in [1.82, 2.24) is 19.3 Å². The van der Waals surface area contributed by atoms with E-state index in [2.05, 4.69) is 20.0 Å². The molecule has 7 nitrogen and oxygen atoms in total. The Morgan fingerprint density at radius 3 is 2.50 bits per heavy atom. The molecule has 0 aliphatic heterocycles. The van der Waals surface area contributed by atoms with E-state index in [1.54, 1.807) is 24.3 Å². The Balaban J connectivity index is 1.50. The molecule has 4 rings (SSSR count). The van der Waals surface area contributed by atoms with E-state index in [1.165, 1.54) is 31.5 Å². The van der Waals surface area contributed by atoms with E-state index < -0.39 is 22.7 Å². The fourth-order valence-electron chi connectivity index (χ4n) is 3.23. The van der Waals surface area contributed by atoms with Gasteiger partial charge in [0.2, 0.25) is 10.0 Å². The van der Waals surface area contributed by atoms with Crippen molar-refractivity contribution in [2.75, 3.05) is 11.9 Å². The summed E-state index contributed by atoms with van der Waals surface area (Å²) in [6.07, 6.45) is 0.610. The van der Waals surface area contributed by atoms with E-state index in [9.17, 15) is 21.6 Å². The Bertz CT molecular complexity index is 1200. The van der Waals surface area contributed by atoms with Crippen LogP contribution >= 0.6 is 0 Å². The van der Waals surface area contributed by atoms with Crippen molar-refractivity contribution in [2.45, 2.75) is 37.4 Å². The first-order chi connectivity index (χ1) is 15.1. The molecule has 2 heterocycles. The molecule has 32 heavy (non-hydrogen) atoms. The minimum Gasteiger partial charge on any atom is -0.340 e. The molecule has 0 spiro atoms. The van der Waals surface area contributed by atoms with Crippen LogP contribution in [-0.2, 0) is 16.6 Å². The number of rotatable bonds is 8. The lowest BCUT2D eigenvalue weighted by atomic mass is 10.2. The minimum absolute atomic E-state index is 0.164. The summed E-state index contributed by atoms with van der Waals surface area (Å²) in [5.74, 6) is 1.10. The standard InChI is InChI=1S/C21H22F3N5O2S/c1-14-26-12-19(29(14)13-21(22,23)24)16-8-9-25-20(10-16)28-17-4-6-18(7-5-17)32(30,31)27-11-15-2-3-15/h4-10,12,15,27H,2-3,11,13H2,1H3,(H,25,28). The molecule has 0 radical (unpaired) electrons. The van der Waals surface area contributed by atoms with Gasteiger partial charge >= 0.3 is 6.18 Å². The van der Waals surface area contributed by atoms with Crippen LogP contribution in [0.25, 0.3) is 11.3 Å². The van der Waals surface area contributed by atoms with Crippen LogP contribution in [0.4, 0.5) is 24.7 Å². The third-order valence-electron chi connectivity index (χ3n) is 5.14. The van der Waals surface area contributed by atoms with Gasteiger partial charge in [0.05, 0.1) is 16.8 Å². The van der Waals surface area contributed by atoms with Crippen molar-refractivity contribution in [2.24, 2.45) is 5.92 Å². The molecular formula is C21H22F3N5O2S. The van der Waals surface area contributed by atoms with Crippen LogP contribution < -0.4 is 10.0 Å². The predicted octanol–water partition coefficient (Wildman–Crippen LogP) is 4.25. The zero-order valence-electron chi connectivity index (χ0n) is 17.2. The van der Waals surface area contributed by atoms with Gasteiger partial charge < -0.3 is 9.88 Å². The average molecular weight is 466 g/mol. The van der Waals surface area contributed by atoms with Gasteiger partial charge in [0.1, 0.15) is 18.2 Å². The Kier molecular flexibility index (Phi) is 5.95. The second-order valence-corrected chi connectivity index (χ2v) is 9.53. The van der Waals surface area contributed by atoms with Crippen LogP contribution in [0, 0.1) is 12.8 Å². The molecule has 2 aromatic heterocycles. The molecule has 0 unspecified atom stereocenters. The normalized spacial score (nSPS) is 14.5. The van der Waals surface area contributed by atoms with Crippen molar-refractivity contribution in [3.05, 3.63) is 54.6 Å². The largest absolute Gasteiger partial charge is 0.406 e. The summed E-state index contributed by atoms with van der Waals surface area (Å²) in [7, 11) is -3.56. The molecule has 1 aliphatic carbocycles. The van der Waals surface area contributed by atoms with Gasteiger partial charge in [-0.3, -0.25) is 0 Å². The molecule has 0 saturated heterocycles. The van der Waals surface area contributed by atoms with E-state index in [4.69, 9.17) is 0 Å². The van der Waals surface area contributed by atoms with Gasteiger partial charge in [-0.15, -0.1) is 0 Å². The van der Waals surface area contributed by atoms with E-state index in [-0.39, 0.29) is 10.7 Å². The number of anilines is 2. The summed E-state index contributed by atoms with van der Waals surface area (Å²) < 4.78 is 67.2. The zero-order valence-corrected chi connectivity index (χ0v) is 18.0. The molecule has 2 N–H and O–H groups in total. The number of hydrogen-bond acceptors (Lipinski definition) is 5. The van der Waals surface area contributed by atoms with Gasteiger partial charge in [0.15, 0.2) is 0 Å². The summed E-state index contributed by atoms with van der Waals surface area (Å²) in [6.45, 7) is 0.831. The van der Waals surface area contributed by atoms with Gasteiger partial charge in [0, 0.05) is 24.0 Å². The van der Waals surface area contributed by atoms with Crippen molar-refractivity contribution in [3.8, 4) is 11.3 Å². The number of halogens is 3. The van der Waals surface area contributed by atoms with Crippen LogP contribution in [0.5, 0.6) is 0 Å². The van der Waals surface area contributed by atoms with E-state index in [1.807, 2.05) is 0 Å². The number of nitrogens with zero attached hydrogens (tertiary/aromatic N) is 3. The van der Waals surface area contributed by atoms with Crippen LogP contribution in [0.3, 0.4) is 0 Å². The van der Waals surface area contributed by atoms with Gasteiger partial charge in [-0.2, -0.15) is 13.2 Å². The third-order valence-corrected chi connectivity index (χ3v) is 6.58. The predicted molar refractivity (Wildman–Crippen MR) is 114 cm³/mol. The number of aryl methyl sites for hydroxylation is 1. The molecule has 1 fully saturated rings. The topological polar surface area (TPSA) is 88.9 Å². The highest BCUT2D eigenvalue weighted by atomic mass is 32.2. The Labute approximate surface area is 183 Å². The highest BCUT2D eigenvalue weighted by molar-refractivity contribution is 7.89. The lowest BCUT2D eigenvalue weighted by Gasteiger charge is -2.14. The second-order valence-electron chi connectivity index (χ2n) is 7.77. The third kappa shape index (κ3) is 5.46. The lowest BCUT2D eigenvalue weighted by Crippen LogP contribution is -2.25. The minimum atomic E-state index is -4.37. The first-order valence-corrected chi connectivity index (χ1v) is 11.5. The average Bonchev–Trinajstić information content (AvgIpc) is 3.50. The van der Waals surface area contributed by atoms with Crippen LogP contribution in [-0.4, -0.2) is 35.7 Å². The van der Waals surface area contributed by atoms with Crippen molar-refractivity contribution in [3.63, 3.8) is 0 Å². The number of sulfonamides is 1. The smallest absolute Gasteiger partial charge is 0.340 e. The molecular weight excluding hydrogens is 443 g/mol. The monoisotopic (exact) mass is 465 g/mol. The molecule has 11 heteroatoms. The number of hydrogen-bond donors (Lipinski definition) is 2. The van der Waals surface area contributed by atoms with E-state index in [0.29, 0.717) is 35.2 Å². The van der Waals surface area contributed by atoms with Gasteiger partial charge in [-0.1, -0.05) is 0 Å². The van der Waals surface area contributed by atoms with Crippen molar-refractivity contribution < 1.29 is 21.6 Å². The number of alkyl halides is 3. The van der Waals surface area contributed by atoms with Crippen molar-refractivity contribution >= 4 is 21.5 Å². The van der Waals surface area contributed by atoms with Gasteiger partial charge in [0.25, 0.3) is 0 Å².